The van der Waals surface area contributed by atoms with Crippen molar-refractivity contribution in [3.05, 3.63) is 88.9 Å². The van der Waals surface area contributed by atoms with Gasteiger partial charge in [0.25, 0.3) is 5.91 Å². The number of amides is 3. The molecular weight excluding hydrogens is 404 g/mol. The van der Waals surface area contributed by atoms with Gasteiger partial charge in [0.05, 0.1) is 11.3 Å². The van der Waals surface area contributed by atoms with Crippen molar-refractivity contribution >= 4 is 40.6 Å². The summed E-state index contributed by atoms with van der Waals surface area (Å²) in [5.41, 5.74) is 5.10. The number of phenolic OH excluding ortho intramolecular Hbond substituents is 1. The molecule has 0 aromatic heterocycles. The number of rotatable bonds is 5. The van der Waals surface area contributed by atoms with Crippen molar-refractivity contribution in [3.8, 4) is 5.75 Å². The van der Waals surface area contributed by atoms with Crippen molar-refractivity contribution in [2.24, 2.45) is 5.10 Å². The van der Waals surface area contributed by atoms with Gasteiger partial charge < -0.3 is 15.7 Å². The Labute approximate surface area is 178 Å². The Hall–Kier alpha value is -3.84. The fraction of sp³-hybridized carbons (Fsp3) is 0.0455. The molecule has 3 rings (SSSR count). The molecule has 0 saturated heterocycles. The van der Waals surface area contributed by atoms with Gasteiger partial charge in [-0.25, -0.2) is 10.2 Å². The fourth-order valence-electron chi connectivity index (χ4n) is 2.55. The van der Waals surface area contributed by atoms with Gasteiger partial charge in [0.1, 0.15) is 5.75 Å². The highest BCUT2D eigenvalue weighted by molar-refractivity contribution is 6.30. The Morgan fingerprint density at radius 1 is 0.867 bits per heavy atom. The summed E-state index contributed by atoms with van der Waals surface area (Å²) >= 11 is 5.82. The first kappa shape index (κ1) is 20.9. The molecule has 4 N–H and O–H groups in total. The number of carbonyl (C=O) groups is 2. The van der Waals surface area contributed by atoms with Crippen molar-refractivity contribution in [2.45, 2.75) is 6.92 Å². The molecular formula is C22H19ClN4O3. The van der Waals surface area contributed by atoms with E-state index in [4.69, 9.17) is 11.6 Å². The summed E-state index contributed by atoms with van der Waals surface area (Å²) in [5.74, 6) is -0.625. The van der Waals surface area contributed by atoms with Crippen LogP contribution in [0.1, 0.15) is 22.8 Å². The summed E-state index contributed by atoms with van der Waals surface area (Å²) in [6.07, 6.45) is 0. The lowest BCUT2D eigenvalue weighted by molar-refractivity contribution is 0.0952. The van der Waals surface area contributed by atoms with Crippen LogP contribution in [0.4, 0.5) is 16.2 Å². The van der Waals surface area contributed by atoms with Crippen LogP contribution >= 0.6 is 11.6 Å². The van der Waals surface area contributed by atoms with E-state index in [-0.39, 0.29) is 17.3 Å². The van der Waals surface area contributed by atoms with Gasteiger partial charge in [-0.1, -0.05) is 35.9 Å². The molecule has 0 fully saturated rings. The predicted octanol–water partition coefficient (Wildman–Crippen LogP) is 4.84. The molecule has 0 aliphatic rings. The maximum atomic E-state index is 12.1. The minimum Gasteiger partial charge on any atom is -0.507 e. The Balaban J connectivity index is 1.58. The van der Waals surface area contributed by atoms with E-state index in [1.54, 1.807) is 67.6 Å². The van der Waals surface area contributed by atoms with Crippen molar-refractivity contribution in [2.75, 3.05) is 10.6 Å². The number of nitrogens with zero attached hydrogens (tertiary/aromatic N) is 1. The highest BCUT2D eigenvalue weighted by Crippen LogP contribution is 2.16. The van der Waals surface area contributed by atoms with Crippen molar-refractivity contribution in [1.29, 1.82) is 0 Å². The second-order valence-corrected chi connectivity index (χ2v) is 6.76. The fourth-order valence-corrected chi connectivity index (χ4v) is 2.67. The number of hydrogen-bond acceptors (Lipinski definition) is 4. The molecule has 0 atom stereocenters. The number of anilines is 2. The molecule has 8 heteroatoms. The summed E-state index contributed by atoms with van der Waals surface area (Å²) in [4.78, 5) is 24.2. The molecule has 7 nitrogen and oxygen atoms in total. The molecule has 30 heavy (non-hydrogen) atoms. The molecule has 3 aromatic rings. The standard InChI is InChI=1S/C22H19ClN4O3/c1-14(26-27-21(29)19-4-2-3-5-20(19)28)15-6-10-17(11-7-15)24-22(30)25-18-12-8-16(23)9-13-18/h2-13,28H,1H3,(H,27,29)(H2,24,25,30). The molecule has 0 aliphatic carbocycles. The molecule has 0 saturated carbocycles. The lowest BCUT2D eigenvalue weighted by Gasteiger charge is -2.09. The third-order valence-corrected chi connectivity index (χ3v) is 4.39. The molecule has 3 aromatic carbocycles. The van der Waals surface area contributed by atoms with Gasteiger partial charge in [-0.05, 0) is 61.0 Å². The van der Waals surface area contributed by atoms with Gasteiger partial charge in [-0.15, -0.1) is 0 Å². The number of aromatic hydroxyl groups is 1. The Kier molecular flexibility index (Phi) is 6.67. The number of phenols is 1. The minimum atomic E-state index is -0.510. The van der Waals surface area contributed by atoms with E-state index in [1.807, 2.05) is 0 Å². The number of nitrogens with one attached hydrogen (secondary N) is 3. The van der Waals surface area contributed by atoms with E-state index in [1.165, 1.54) is 12.1 Å². The number of hydrogen-bond donors (Lipinski definition) is 4. The summed E-state index contributed by atoms with van der Waals surface area (Å²) in [5, 5.41) is 19.8. The van der Waals surface area contributed by atoms with Crippen LogP contribution in [0, 0.1) is 0 Å². The third kappa shape index (κ3) is 5.59. The lowest BCUT2D eigenvalue weighted by Crippen LogP contribution is -2.20. The first-order valence-corrected chi connectivity index (χ1v) is 9.37. The van der Waals surface area contributed by atoms with Crippen LogP contribution in [0.2, 0.25) is 5.02 Å². The van der Waals surface area contributed by atoms with Crippen LogP contribution in [0.3, 0.4) is 0 Å². The average Bonchev–Trinajstić information content (AvgIpc) is 2.74. The minimum absolute atomic E-state index is 0.116. The Morgan fingerprint density at radius 2 is 1.43 bits per heavy atom. The first-order chi connectivity index (χ1) is 14.4. The zero-order valence-corrected chi connectivity index (χ0v) is 16.8. The molecule has 0 radical (unpaired) electrons. The van der Waals surface area contributed by atoms with Gasteiger partial charge in [0.2, 0.25) is 0 Å². The number of para-hydroxylation sites is 1. The number of benzene rings is 3. The Bertz CT molecular complexity index is 1080. The maximum absolute atomic E-state index is 12.1. The maximum Gasteiger partial charge on any atom is 0.323 e. The zero-order chi connectivity index (χ0) is 21.5. The number of urea groups is 1. The first-order valence-electron chi connectivity index (χ1n) is 8.99. The number of carbonyl (C=O) groups excluding carboxylic acids is 2. The van der Waals surface area contributed by atoms with Crippen LogP contribution in [0.25, 0.3) is 0 Å². The van der Waals surface area contributed by atoms with E-state index in [0.717, 1.165) is 5.56 Å². The molecule has 0 spiro atoms. The highest BCUT2D eigenvalue weighted by atomic mass is 35.5. The van der Waals surface area contributed by atoms with Crippen molar-refractivity contribution in [1.82, 2.24) is 5.43 Å². The van der Waals surface area contributed by atoms with Crippen LogP contribution in [0.15, 0.2) is 77.9 Å². The summed E-state index contributed by atoms with van der Waals surface area (Å²) in [6.45, 7) is 1.74. The molecule has 0 heterocycles. The van der Waals surface area contributed by atoms with E-state index in [2.05, 4.69) is 21.2 Å². The quantitative estimate of drug-likeness (QED) is 0.349. The summed E-state index contributed by atoms with van der Waals surface area (Å²) in [7, 11) is 0. The van der Waals surface area contributed by atoms with Crippen LogP contribution in [0.5, 0.6) is 5.75 Å². The molecule has 0 aliphatic heterocycles. The van der Waals surface area contributed by atoms with Crippen molar-refractivity contribution in [3.63, 3.8) is 0 Å². The van der Waals surface area contributed by atoms with E-state index in [0.29, 0.717) is 22.1 Å². The van der Waals surface area contributed by atoms with Crippen LogP contribution in [-0.2, 0) is 0 Å². The number of hydrazone groups is 1. The van der Waals surface area contributed by atoms with Gasteiger partial charge in [0.15, 0.2) is 0 Å². The molecule has 0 bridgehead atoms. The number of halogens is 1. The average molecular weight is 423 g/mol. The summed E-state index contributed by atoms with van der Waals surface area (Å²) < 4.78 is 0. The van der Waals surface area contributed by atoms with Crippen LogP contribution < -0.4 is 16.1 Å². The molecule has 152 valence electrons. The Morgan fingerprint density at radius 3 is 2.03 bits per heavy atom. The molecule has 0 unspecified atom stereocenters. The van der Waals surface area contributed by atoms with Crippen molar-refractivity contribution < 1.29 is 14.7 Å². The lowest BCUT2D eigenvalue weighted by atomic mass is 10.1. The largest absolute Gasteiger partial charge is 0.507 e. The second kappa shape index (κ2) is 9.58. The normalized spacial score (nSPS) is 10.9. The molecule has 3 amide bonds. The zero-order valence-electron chi connectivity index (χ0n) is 16.0. The summed E-state index contributed by atoms with van der Waals surface area (Å²) in [6, 6.07) is 19.6. The van der Waals surface area contributed by atoms with E-state index in [9.17, 15) is 14.7 Å². The van der Waals surface area contributed by atoms with Gasteiger partial charge in [-0.2, -0.15) is 5.10 Å². The van der Waals surface area contributed by atoms with Gasteiger partial charge in [-0.3, -0.25) is 4.79 Å². The third-order valence-electron chi connectivity index (χ3n) is 4.14. The second-order valence-electron chi connectivity index (χ2n) is 6.32. The smallest absolute Gasteiger partial charge is 0.323 e. The highest BCUT2D eigenvalue weighted by Gasteiger charge is 2.09. The topological polar surface area (TPSA) is 103 Å². The predicted molar refractivity (Wildman–Crippen MR) is 118 cm³/mol. The monoisotopic (exact) mass is 422 g/mol. The van der Waals surface area contributed by atoms with Crippen LogP contribution in [-0.4, -0.2) is 22.8 Å². The van der Waals surface area contributed by atoms with E-state index >= 15 is 0 Å². The SMILES string of the molecule is CC(=NNC(=O)c1ccccc1O)c1ccc(NC(=O)Nc2ccc(Cl)cc2)cc1. The van der Waals surface area contributed by atoms with E-state index < -0.39 is 5.91 Å². The van der Waals surface area contributed by atoms with Gasteiger partial charge in [0, 0.05) is 16.4 Å². The van der Waals surface area contributed by atoms with Gasteiger partial charge >= 0.3 is 6.03 Å².